The molecule has 1 atom stereocenters. The Bertz CT molecular complexity index is 602. The summed E-state index contributed by atoms with van der Waals surface area (Å²) in [4.78, 5) is 11.5. The maximum absolute atomic E-state index is 13.4. The topological polar surface area (TPSA) is 56.1 Å². The number of nitrogens with one attached hydrogen (secondary N) is 1. The predicted molar refractivity (Wildman–Crippen MR) is 73.4 cm³/mol. The van der Waals surface area contributed by atoms with Gasteiger partial charge in [-0.05, 0) is 38.0 Å². The molecule has 118 valence electrons. The molecular formula is C15H16F3N3O. The largest absolute Gasteiger partial charge is 0.406 e. The first-order chi connectivity index (χ1) is 10.1. The van der Waals surface area contributed by atoms with Crippen molar-refractivity contribution < 1.29 is 18.0 Å². The first-order valence-electron chi connectivity index (χ1n) is 6.78. The second-order valence-corrected chi connectivity index (χ2v) is 5.96. The van der Waals surface area contributed by atoms with Gasteiger partial charge >= 0.3 is 6.18 Å². The van der Waals surface area contributed by atoms with Crippen LogP contribution in [0.3, 0.4) is 0 Å². The zero-order valence-electron chi connectivity index (χ0n) is 12.2. The molecule has 1 aromatic rings. The lowest BCUT2D eigenvalue weighted by molar-refractivity contribution is -0.200. The van der Waals surface area contributed by atoms with Crippen LogP contribution in [0.5, 0.6) is 0 Å². The van der Waals surface area contributed by atoms with Crippen molar-refractivity contribution in [1.82, 2.24) is 10.4 Å². The summed E-state index contributed by atoms with van der Waals surface area (Å²) < 4.78 is 40.3. The van der Waals surface area contributed by atoms with Gasteiger partial charge in [0, 0.05) is 12.0 Å². The van der Waals surface area contributed by atoms with Crippen LogP contribution in [0.4, 0.5) is 13.2 Å². The molecule has 1 aromatic carbocycles. The van der Waals surface area contributed by atoms with E-state index in [0.29, 0.717) is 11.1 Å². The van der Waals surface area contributed by atoms with Gasteiger partial charge in [0.2, 0.25) is 5.91 Å². The molecule has 1 heterocycles. The minimum absolute atomic E-state index is 0.0208. The summed E-state index contributed by atoms with van der Waals surface area (Å²) >= 11 is 0. The van der Waals surface area contributed by atoms with Gasteiger partial charge in [0.25, 0.3) is 0 Å². The molecule has 1 unspecified atom stereocenters. The van der Waals surface area contributed by atoms with E-state index in [0.717, 1.165) is 5.01 Å². The fourth-order valence-electron chi connectivity index (χ4n) is 2.60. The van der Waals surface area contributed by atoms with Crippen molar-refractivity contribution in [3.63, 3.8) is 0 Å². The van der Waals surface area contributed by atoms with Crippen LogP contribution in [0, 0.1) is 11.3 Å². The summed E-state index contributed by atoms with van der Waals surface area (Å²) in [5.41, 5.74) is 2.25. The number of hydrogen-bond acceptors (Lipinski definition) is 3. The Labute approximate surface area is 126 Å². The second-order valence-electron chi connectivity index (χ2n) is 5.96. The molecule has 1 aliphatic heterocycles. The van der Waals surface area contributed by atoms with Crippen molar-refractivity contribution >= 4 is 5.91 Å². The molecule has 0 aliphatic carbocycles. The number of nitrogens with zero attached hydrogens (tertiary/aromatic N) is 2. The third-order valence-corrected chi connectivity index (χ3v) is 3.69. The van der Waals surface area contributed by atoms with E-state index in [1.54, 1.807) is 13.8 Å². The maximum Gasteiger partial charge on any atom is 0.406 e. The molecule has 0 bridgehead atoms. The first kappa shape index (κ1) is 16.3. The highest BCUT2D eigenvalue weighted by Crippen LogP contribution is 2.34. The molecule has 7 heteroatoms. The zero-order valence-corrected chi connectivity index (χ0v) is 12.2. The van der Waals surface area contributed by atoms with E-state index < -0.39 is 23.7 Å². The second kappa shape index (κ2) is 5.61. The lowest BCUT2D eigenvalue weighted by Gasteiger charge is -2.37. The number of amides is 1. The molecule has 1 saturated heterocycles. The Morgan fingerprint density at radius 1 is 1.36 bits per heavy atom. The quantitative estimate of drug-likeness (QED) is 0.933. The van der Waals surface area contributed by atoms with Gasteiger partial charge in [-0.25, -0.2) is 5.01 Å². The third kappa shape index (κ3) is 3.39. The highest BCUT2D eigenvalue weighted by atomic mass is 19.4. The smallest absolute Gasteiger partial charge is 0.288 e. The Morgan fingerprint density at radius 3 is 2.36 bits per heavy atom. The van der Waals surface area contributed by atoms with Crippen LogP contribution in [0.25, 0.3) is 0 Å². The average molecular weight is 311 g/mol. The molecule has 2 rings (SSSR count). The van der Waals surface area contributed by atoms with Gasteiger partial charge in [-0.1, -0.05) is 12.1 Å². The standard InChI is InChI=1S/C15H16F3N3O/c1-14(2)8-13(22)20-21(14)12(15(16,17)18)7-10-3-5-11(9-19)6-4-10/h3-6,12H,7-8H2,1-2H3,(H,20,22). The molecule has 0 radical (unpaired) electrons. The number of rotatable bonds is 3. The SMILES string of the molecule is CC1(C)CC(=O)NN1C(Cc1ccc(C#N)cc1)C(F)(F)F. The van der Waals surface area contributed by atoms with Gasteiger partial charge in [-0.3, -0.25) is 10.2 Å². The third-order valence-electron chi connectivity index (χ3n) is 3.69. The van der Waals surface area contributed by atoms with Gasteiger partial charge in [0.15, 0.2) is 0 Å². The lowest BCUT2D eigenvalue weighted by Crippen LogP contribution is -2.57. The molecule has 0 aromatic heterocycles. The number of alkyl halides is 3. The van der Waals surface area contributed by atoms with E-state index in [2.05, 4.69) is 5.43 Å². The van der Waals surface area contributed by atoms with E-state index in [9.17, 15) is 18.0 Å². The van der Waals surface area contributed by atoms with Gasteiger partial charge < -0.3 is 0 Å². The van der Waals surface area contributed by atoms with E-state index in [1.807, 2.05) is 6.07 Å². The molecule has 1 aliphatic rings. The van der Waals surface area contributed by atoms with Crippen LogP contribution < -0.4 is 5.43 Å². The highest BCUT2D eigenvalue weighted by molar-refractivity contribution is 5.78. The predicted octanol–water partition coefficient (Wildman–Crippen LogP) is 2.55. The van der Waals surface area contributed by atoms with Crippen LogP contribution in [-0.2, 0) is 11.2 Å². The van der Waals surface area contributed by atoms with Crippen molar-refractivity contribution in [3.8, 4) is 6.07 Å². The average Bonchev–Trinajstić information content (AvgIpc) is 2.68. The number of benzene rings is 1. The summed E-state index contributed by atoms with van der Waals surface area (Å²) in [6, 6.07) is 6.07. The Balaban J connectivity index is 2.27. The minimum Gasteiger partial charge on any atom is -0.288 e. The molecular weight excluding hydrogens is 295 g/mol. The molecule has 0 spiro atoms. The fourth-order valence-corrected chi connectivity index (χ4v) is 2.60. The van der Waals surface area contributed by atoms with Crippen LogP contribution >= 0.6 is 0 Å². The lowest BCUT2D eigenvalue weighted by atomic mass is 9.97. The van der Waals surface area contributed by atoms with E-state index >= 15 is 0 Å². The number of halogens is 3. The summed E-state index contributed by atoms with van der Waals surface area (Å²) in [6.07, 6.45) is -4.76. The molecule has 1 N–H and O–H groups in total. The number of carbonyl (C=O) groups excluding carboxylic acids is 1. The van der Waals surface area contributed by atoms with Crippen molar-refractivity contribution in [1.29, 1.82) is 5.26 Å². The van der Waals surface area contributed by atoms with Gasteiger partial charge in [0.05, 0.1) is 11.6 Å². The fraction of sp³-hybridized carbons (Fsp3) is 0.467. The Hall–Kier alpha value is -2.07. The monoisotopic (exact) mass is 311 g/mol. The molecule has 1 fully saturated rings. The molecule has 1 amide bonds. The minimum atomic E-state index is -4.48. The van der Waals surface area contributed by atoms with Crippen LogP contribution in [0.1, 0.15) is 31.4 Å². The normalized spacial score (nSPS) is 19.5. The van der Waals surface area contributed by atoms with Crippen LogP contribution in [0.2, 0.25) is 0 Å². The van der Waals surface area contributed by atoms with Gasteiger partial charge in [-0.2, -0.15) is 18.4 Å². The van der Waals surface area contributed by atoms with Crippen molar-refractivity contribution in [3.05, 3.63) is 35.4 Å². The maximum atomic E-state index is 13.4. The Kier molecular flexibility index (Phi) is 4.16. The van der Waals surface area contributed by atoms with Gasteiger partial charge in [-0.15, -0.1) is 0 Å². The summed E-state index contributed by atoms with van der Waals surface area (Å²) in [6.45, 7) is 3.20. The first-order valence-corrected chi connectivity index (χ1v) is 6.78. The number of carbonyl (C=O) groups is 1. The highest BCUT2D eigenvalue weighted by Gasteiger charge is 2.51. The van der Waals surface area contributed by atoms with Crippen LogP contribution in [0.15, 0.2) is 24.3 Å². The van der Waals surface area contributed by atoms with E-state index in [4.69, 9.17) is 5.26 Å². The summed E-state index contributed by atoms with van der Waals surface area (Å²) in [7, 11) is 0. The van der Waals surface area contributed by atoms with Crippen molar-refractivity contribution in [2.75, 3.05) is 0 Å². The van der Waals surface area contributed by atoms with E-state index in [1.165, 1.54) is 24.3 Å². The van der Waals surface area contributed by atoms with Crippen molar-refractivity contribution in [2.24, 2.45) is 0 Å². The molecule has 0 saturated carbocycles. The molecule has 4 nitrogen and oxygen atoms in total. The van der Waals surface area contributed by atoms with E-state index in [-0.39, 0.29) is 12.8 Å². The van der Waals surface area contributed by atoms with Crippen LogP contribution in [-0.4, -0.2) is 28.7 Å². The van der Waals surface area contributed by atoms with Crippen molar-refractivity contribution in [2.45, 2.75) is 44.4 Å². The number of nitriles is 1. The molecule has 22 heavy (non-hydrogen) atoms. The number of hydrogen-bond donors (Lipinski definition) is 1. The zero-order chi connectivity index (χ0) is 16.5. The summed E-state index contributed by atoms with van der Waals surface area (Å²) in [5, 5.41) is 9.72. The van der Waals surface area contributed by atoms with Gasteiger partial charge in [0.1, 0.15) is 6.04 Å². The number of hydrazine groups is 1. The Morgan fingerprint density at radius 2 is 1.95 bits per heavy atom. The summed E-state index contributed by atoms with van der Waals surface area (Å²) in [5.74, 6) is -0.418.